The number of benzene rings is 2. The van der Waals surface area contributed by atoms with E-state index in [9.17, 15) is 23.1 Å². The van der Waals surface area contributed by atoms with Crippen LogP contribution in [0.2, 0.25) is 0 Å². The van der Waals surface area contributed by atoms with Crippen LogP contribution >= 0.6 is 0 Å². The average Bonchev–Trinajstić information content (AvgIpc) is 3.02. The van der Waals surface area contributed by atoms with Crippen LogP contribution in [0.5, 0.6) is 5.75 Å². The van der Waals surface area contributed by atoms with E-state index in [1.165, 1.54) is 42.3 Å². The van der Waals surface area contributed by atoms with E-state index >= 15 is 0 Å². The number of nitrogens with zero attached hydrogens (tertiary/aromatic N) is 3. The lowest BCUT2D eigenvalue weighted by Gasteiger charge is -2.14. The Labute approximate surface area is 186 Å². The third-order valence-electron chi connectivity index (χ3n) is 5.18. The van der Waals surface area contributed by atoms with Crippen molar-refractivity contribution in [3.63, 3.8) is 0 Å². The number of aliphatic hydroxyl groups is 1. The molecule has 3 rings (SSSR count). The molecule has 1 atom stereocenters. The Morgan fingerprint density at radius 2 is 1.75 bits per heavy atom. The Bertz CT molecular complexity index is 1290. The Hall–Kier alpha value is -2.95. The SMILES string of the molecule is CCn1c(=O)n(C[C@@H](O)COc2ccc(C(C)=O)cc2)c2cc(S(=O)(=O)N(C)C)ccc21. The van der Waals surface area contributed by atoms with Crippen LogP contribution in [-0.2, 0) is 23.1 Å². The normalized spacial score (nSPS) is 12.9. The molecule has 2 aromatic carbocycles. The van der Waals surface area contributed by atoms with Gasteiger partial charge in [-0.05, 0) is 56.3 Å². The van der Waals surface area contributed by atoms with Gasteiger partial charge in [-0.25, -0.2) is 17.5 Å². The fraction of sp³-hybridized carbons (Fsp3) is 0.364. The molecule has 0 saturated heterocycles. The summed E-state index contributed by atoms with van der Waals surface area (Å²) in [6, 6.07) is 11.1. The van der Waals surface area contributed by atoms with Crippen LogP contribution in [0.25, 0.3) is 11.0 Å². The van der Waals surface area contributed by atoms with E-state index in [0.717, 1.165) is 4.31 Å². The summed E-state index contributed by atoms with van der Waals surface area (Å²) < 4.78 is 34.6. The van der Waals surface area contributed by atoms with E-state index in [-0.39, 0.29) is 29.5 Å². The molecule has 0 bridgehead atoms. The number of aryl methyl sites for hydroxylation is 1. The molecule has 0 aliphatic carbocycles. The van der Waals surface area contributed by atoms with Crippen LogP contribution in [0, 0.1) is 0 Å². The molecule has 3 aromatic rings. The lowest BCUT2D eigenvalue weighted by molar-refractivity contribution is 0.0923. The molecule has 9 nitrogen and oxygen atoms in total. The summed E-state index contributed by atoms with van der Waals surface area (Å²) in [5.41, 5.74) is 1.22. The Morgan fingerprint density at radius 1 is 1.09 bits per heavy atom. The van der Waals surface area contributed by atoms with Gasteiger partial charge in [0.2, 0.25) is 10.0 Å². The van der Waals surface area contributed by atoms with Crippen molar-refractivity contribution in [3.8, 4) is 5.75 Å². The van der Waals surface area contributed by atoms with Gasteiger partial charge in [0.25, 0.3) is 0 Å². The van der Waals surface area contributed by atoms with E-state index < -0.39 is 16.1 Å². The predicted octanol–water partition coefficient (Wildman–Crippen LogP) is 1.72. The van der Waals surface area contributed by atoms with E-state index in [1.807, 2.05) is 6.92 Å². The maximum absolute atomic E-state index is 12.9. The summed E-state index contributed by atoms with van der Waals surface area (Å²) in [7, 11) is -0.806. The third-order valence-corrected chi connectivity index (χ3v) is 6.99. The van der Waals surface area contributed by atoms with Crippen LogP contribution in [-0.4, -0.2) is 59.6 Å². The van der Waals surface area contributed by atoms with Crippen molar-refractivity contribution < 1.29 is 23.1 Å². The molecule has 1 N–H and O–H groups in total. The second-order valence-electron chi connectivity index (χ2n) is 7.62. The van der Waals surface area contributed by atoms with Crippen LogP contribution < -0.4 is 10.4 Å². The van der Waals surface area contributed by atoms with Crippen LogP contribution in [0.1, 0.15) is 24.2 Å². The van der Waals surface area contributed by atoms with Gasteiger partial charge < -0.3 is 9.84 Å². The molecule has 172 valence electrons. The van der Waals surface area contributed by atoms with Gasteiger partial charge in [-0.15, -0.1) is 0 Å². The number of hydrogen-bond donors (Lipinski definition) is 1. The highest BCUT2D eigenvalue weighted by Gasteiger charge is 2.21. The number of fused-ring (bicyclic) bond motifs is 1. The van der Waals surface area contributed by atoms with Gasteiger partial charge in [0.05, 0.1) is 22.5 Å². The number of carbonyl (C=O) groups is 1. The third kappa shape index (κ3) is 4.62. The van der Waals surface area contributed by atoms with E-state index in [0.29, 0.717) is 28.9 Å². The zero-order valence-corrected chi connectivity index (χ0v) is 19.3. The van der Waals surface area contributed by atoms with Gasteiger partial charge >= 0.3 is 5.69 Å². The molecule has 0 amide bonds. The number of imidazole rings is 1. The largest absolute Gasteiger partial charge is 0.491 e. The smallest absolute Gasteiger partial charge is 0.329 e. The van der Waals surface area contributed by atoms with Gasteiger partial charge in [0, 0.05) is 26.2 Å². The van der Waals surface area contributed by atoms with Gasteiger partial charge in [0.15, 0.2) is 5.78 Å². The first-order valence-corrected chi connectivity index (χ1v) is 11.6. The van der Waals surface area contributed by atoms with Crippen molar-refractivity contribution in [2.75, 3.05) is 20.7 Å². The number of sulfonamides is 1. The first-order chi connectivity index (χ1) is 15.1. The summed E-state index contributed by atoms with van der Waals surface area (Å²) in [6.07, 6.45) is -1.02. The van der Waals surface area contributed by atoms with Crippen molar-refractivity contribution in [1.82, 2.24) is 13.4 Å². The topological polar surface area (TPSA) is 111 Å². The number of aliphatic hydroxyl groups excluding tert-OH is 1. The van der Waals surface area contributed by atoms with E-state index in [1.54, 1.807) is 30.3 Å². The maximum atomic E-state index is 12.9. The molecule has 0 saturated carbocycles. The number of carbonyl (C=O) groups excluding carboxylic acids is 1. The number of aromatic nitrogens is 2. The molecule has 0 aliphatic heterocycles. The summed E-state index contributed by atoms with van der Waals surface area (Å²) >= 11 is 0. The van der Waals surface area contributed by atoms with E-state index in [4.69, 9.17) is 4.74 Å². The van der Waals surface area contributed by atoms with Crippen molar-refractivity contribution in [3.05, 3.63) is 58.5 Å². The van der Waals surface area contributed by atoms with Crippen LogP contribution in [0.3, 0.4) is 0 Å². The van der Waals surface area contributed by atoms with E-state index in [2.05, 4.69) is 0 Å². The summed E-state index contributed by atoms with van der Waals surface area (Å²) in [4.78, 5) is 24.3. The molecule has 0 fully saturated rings. The molecule has 1 aromatic heterocycles. The van der Waals surface area contributed by atoms with Crippen molar-refractivity contribution in [2.45, 2.75) is 37.9 Å². The van der Waals surface area contributed by atoms with Gasteiger partial charge in [0.1, 0.15) is 18.5 Å². The quantitative estimate of drug-likeness (QED) is 0.486. The number of ketones is 1. The second kappa shape index (κ2) is 9.27. The molecule has 10 heteroatoms. The Kier molecular flexibility index (Phi) is 6.87. The zero-order valence-electron chi connectivity index (χ0n) is 18.5. The molecule has 0 radical (unpaired) electrons. The highest BCUT2D eigenvalue weighted by molar-refractivity contribution is 7.89. The van der Waals surface area contributed by atoms with Crippen LogP contribution in [0.15, 0.2) is 52.2 Å². The second-order valence-corrected chi connectivity index (χ2v) is 9.77. The van der Waals surface area contributed by atoms with Crippen molar-refractivity contribution >= 4 is 26.8 Å². The molecular formula is C22H27N3O6S. The molecule has 32 heavy (non-hydrogen) atoms. The van der Waals surface area contributed by atoms with Gasteiger partial charge in [-0.1, -0.05) is 0 Å². The zero-order chi connectivity index (χ0) is 23.6. The van der Waals surface area contributed by atoms with Gasteiger partial charge in [-0.3, -0.25) is 13.9 Å². The molecule has 0 unspecified atom stereocenters. The standard InChI is InChI=1S/C22H27N3O6S/c1-5-24-20-11-10-19(32(29,30)23(3)4)12-21(20)25(22(24)28)13-17(27)14-31-18-8-6-16(7-9-18)15(2)26/h6-12,17,27H,5,13-14H2,1-4H3/t17-/m1/s1. The minimum Gasteiger partial charge on any atom is -0.491 e. The van der Waals surface area contributed by atoms with Crippen molar-refractivity contribution in [2.24, 2.45) is 0 Å². The molecule has 1 heterocycles. The summed E-state index contributed by atoms with van der Waals surface area (Å²) in [6.45, 7) is 3.54. The Balaban J connectivity index is 1.87. The number of hydrogen-bond acceptors (Lipinski definition) is 6. The fourth-order valence-corrected chi connectivity index (χ4v) is 4.32. The molecule has 0 aliphatic rings. The Morgan fingerprint density at radius 3 is 2.31 bits per heavy atom. The number of ether oxygens (including phenoxy) is 1. The monoisotopic (exact) mass is 461 g/mol. The summed E-state index contributed by atoms with van der Waals surface area (Å²) in [5, 5.41) is 10.5. The molecular weight excluding hydrogens is 434 g/mol. The average molecular weight is 462 g/mol. The van der Waals surface area contributed by atoms with Gasteiger partial charge in [-0.2, -0.15) is 0 Å². The predicted molar refractivity (Wildman–Crippen MR) is 121 cm³/mol. The maximum Gasteiger partial charge on any atom is 0.329 e. The fourth-order valence-electron chi connectivity index (χ4n) is 3.39. The van der Waals surface area contributed by atoms with Crippen molar-refractivity contribution in [1.29, 1.82) is 0 Å². The lowest BCUT2D eigenvalue weighted by atomic mass is 10.1. The molecule has 0 spiro atoms. The first-order valence-electron chi connectivity index (χ1n) is 10.1. The highest BCUT2D eigenvalue weighted by Crippen LogP contribution is 2.21. The number of Topliss-reactive ketones (excluding diaryl/α,β-unsaturated/α-hetero) is 1. The minimum absolute atomic E-state index is 0.0566. The lowest BCUT2D eigenvalue weighted by Crippen LogP contribution is -2.31. The minimum atomic E-state index is -3.68. The summed E-state index contributed by atoms with van der Waals surface area (Å²) in [5.74, 6) is 0.427. The number of rotatable bonds is 9. The first kappa shape index (κ1) is 23.7. The van der Waals surface area contributed by atoms with Crippen LogP contribution in [0.4, 0.5) is 0 Å². The highest BCUT2D eigenvalue weighted by atomic mass is 32.2.